The number of ether oxygens (including phenoxy) is 2. The largest absolute Gasteiger partial charge is 0.332 e. The van der Waals surface area contributed by atoms with Gasteiger partial charge in [-0.25, -0.2) is 0 Å². The molecule has 0 radical (unpaired) electrons. The summed E-state index contributed by atoms with van der Waals surface area (Å²) in [7, 11) is 0. The van der Waals surface area contributed by atoms with E-state index in [4.69, 9.17) is 9.47 Å². The first-order valence-electron chi connectivity index (χ1n) is 8.04. The van der Waals surface area contributed by atoms with Crippen LogP contribution in [0.1, 0.15) is 45.4 Å². The van der Waals surface area contributed by atoms with Crippen molar-refractivity contribution in [2.45, 2.75) is 63.6 Å². The first kappa shape index (κ1) is 13.4. The van der Waals surface area contributed by atoms with Gasteiger partial charge < -0.3 is 14.4 Å². The SMILES string of the molecule is CC1OC(C#CC2=CCC3CCCCN4C(=O)CCC234)O1. The topological polar surface area (TPSA) is 38.8 Å². The number of rotatable bonds is 0. The van der Waals surface area contributed by atoms with Crippen LogP contribution in [0.25, 0.3) is 0 Å². The molecule has 3 saturated heterocycles. The zero-order chi connectivity index (χ0) is 14.4. The third-order valence-corrected chi connectivity index (χ3v) is 5.39. The lowest BCUT2D eigenvalue weighted by Crippen LogP contribution is -2.49. The zero-order valence-electron chi connectivity index (χ0n) is 12.4. The Labute approximate surface area is 125 Å². The number of allylic oxidation sites excluding steroid dienone is 1. The Hall–Kier alpha value is -1.31. The second-order valence-electron chi connectivity index (χ2n) is 6.46. The molecule has 4 aliphatic rings. The van der Waals surface area contributed by atoms with Crippen molar-refractivity contribution in [3.05, 3.63) is 11.6 Å². The fraction of sp³-hybridized carbons (Fsp3) is 0.706. The van der Waals surface area contributed by atoms with E-state index in [0.717, 1.165) is 31.4 Å². The van der Waals surface area contributed by atoms with E-state index in [0.29, 0.717) is 18.2 Å². The quantitative estimate of drug-likeness (QED) is 0.641. The van der Waals surface area contributed by atoms with Crippen LogP contribution in [0.15, 0.2) is 11.6 Å². The van der Waals surface area contributed by atoms with E-state index >= 15 is 0 Å². The minimum absolute atomic E-state index is 0.115. The van der Waals surface area contributed by atoms with Crippen LogP contribution in [0.5, 0.6) is 0 Å². The molecule has 0 N–H and O–H groups in total. The van der Waals surface area contributed by atoms with Crippen molar-refractivity contribution in [1.82, 2.24) is 4.90 Å². The van der Waals surface area contributed by atoms with Gasteiger partial charge in [0.2, 0.25) is 12.2 Å². The van der Waals surface area contributed by atoms with Crippen LogP contribution in [-0.2, 0) is 14.3 Å². The molecule has 1 spiro atoms. The van der Waals surface area contributed by atoms with Crippen molar-refractivity contribution in [1.29, 1.82) is 0 Å². The van der Waals surface area contributed by atoms with Gasteiger partial charge in [-0.2, -0.15) is 0 Å². The Morgan fingerprint density at radius 3 is 3.05 bits per heavy atom. The first-order valence-corrected chi connectivity index (χ1v) is 8.04. The molecular formula is C17H21NO3. The highest BCUT2D eigenvalue weighted by Gasteiger charge is 2.55. The average Bonchev–Trinajstić information content (AvgIpc) is 2.88. The van der Waals surface area contributed by atoms with Crippen molar-refractivity contribution in [3.63, 3.8) is 0 Å². The van der Waals surface area contributed by atoms with Gasteiger partial charge in [-0.15, -0.1) is 0 Å². The van der Waals surface area contributed by atoms with Gasteiger partial charge in [-0.05, 0) is 44.4 Å². The van der Waals surface area contributed by atoms with Crippen LogP contribution < -0.4 is 0 Å². The Morgan fingerprint density at radius 1 is 1.38 bits per heavy atom. The third kappa shape index (κ3) is 1.95. The highest BCUT2D eigenvalue weighted by molar-refractivity contribution is 5.81. The van der Waals surface area contributed by atoms with Gasteiger partial charge in [0.25, 0.3) is 0 Å². The molecule has 4 nitrogen and oxygen atoms in total. The van der Waals surface area contributed by atoms with Crippen molar-refractivity contribution in [2.75, 3.05) is 6.54 Å². The number of hydrogen-bond acceptors (Lipinski definition) is 3. The number of carbonyl (C=O) groups excluding carboxylic acids is 1. The summed E-state index contributed by atoms with van der Waals surface area (Å²) in [5.74, 6) is 7.21. The second-order valence-corrected chi connectivity index (χ2v) is 6.46. The molecule has 2 atom stereocenters. The van der Waals surface area contributed by atoms with Crippen molar-refractivity contribution >= 4 is 5.91 Å². The fourth-order valence-electron chi connectivity index (χ4n) is 4.41. The van der Waals surface area contributed by atoms with E-state index in [1.165, 1.54) is 12.8 Å². The van der Waals surface area contributed by atoms with Crippen LogP contribution >= 0.6 is 0 Å². The molecule has 0 aromatic rings. The number of hydrogen-bond donors (Lipinski definition) is 0. The number of nitrogens with zero attached hydrogens (tertiary/aromatic N) is 1. The molecule has 112 valence electrons. The maximum Gasteiger partial charge on any atom is 0.227 e. The summed E-state index contributed by atoms with van der Waals surface area (Å²) < 4.78 is 10.8. The predicted octanol–water partition coefficient (Wildman–Crippen LogP) is 2.20. The zero-order valence-corrected chi connectivity index (χ0v) is 12.4. The normalized spacial score (nSPS) is 41.4. The Kier molecular flexibility index (Phi) is 3.09. The molecule has 1 amide bonds. The average molecular weight is 287 g/mol. The van der Waals surface area contributed by atoms with Gasteiger partial charge in [0, 0.05) is 18.5 Å². The highest BCUT2D eigenvalue weighted by Crippen LogP contribution is 2.51. The molecule has 3 heterocycles. The summed E-state index contributed by atoms with van der Waals surface area (Å²) in [6, 6.07) is 0. The van der Waals surface area contributed by atoms with Crippen molar-refractivity contribution < 1.29 is 14.3 Å². The van der Waals surface area contributed by atoms with Crippen LogP contribution in [0.3, 0.4) is 0 Å². The first-order chi connectivity index (χ1) is 10.2. The van der Waals surface area contributed by atoms with Gasteiger partial charge in [0.15, 0.2) is 6.29 Å². The van der Waals surface area contributed by atoms with Crippen molar-refractivity contribution in [2.24, 2.45) is 5.92 Å². The molecule has 2 unspecified atom stereocenters. The van der Waals surface area contributed by atoms with Crippen LogP contribution in [0.4, 0.5) is 0 Å². The maximum absolute atomic E-state index is 12.3. The van der Waals surface area contributed by atoms with Gasteiger partial charge in [0.1, 0.15) is 0 Å². The predicted molar refractivity (Wildman–Crippen MR) is 76.9 cm³/mol. The second kappa shape index (κ2) is 4.86. The van der Waals surface area contributed by atoms with E-state index in [2.05, 4.69) is 22.8 Å². The van der Waals surface area contributed by atoms with Gasteiger partial charge in [0.05, 0.1) is 5.54 Å². The highest BCUT2D eigenvalue weighted by atomic mass is 16.9. The molecular weight excluding hydrogens is 266 g/mol. The summed E-state index contributed by atoms with van der Waals surface area (Å²) in [4.78, 5) is 14.4. The fourth-order valence-corrected chi connectivity index (χ4v) is 4.41. The molecule has 0 aromatic carbocycles. The minimum atomic E-state index is -0.396. The van der Waals surface area contributed by atoms with Crippen LogP contribution in [0.2, 0.25) is 0 Å². The van der Waals surface area contributed by atoms with E-state index in [1.807, 2.05) is 6.92 Å². The monoisotopic (exact) mass is 287 g/mol. The molecule has 4 rings (SSSR count). The number of amides is 1. The smallest absolute Gasteiger partial charge is 0.227 e. The van der Waals surface area contributed by atoms with Crippen LogP contribution in [0, 0.1) is 17.8 Å². The molecule has 0 aromatic heterocycles. The standard InChI is InChI=1S/C17H21NO3/c1-12-20-16(21-12)8-7-14-6-5-13-4-2-3-11-18-15(19)9-10-17(13,14)18/h6,12-13,16H,2-5,9-11H2,1H3. The Balaban J connectivity index is 1.63. The van der Waals surface area contributed by atoms with Crippen LogP contribution in [-0.4, -0.2) is 35.5 Å². The lowest BCUT2D eigenvalue weighted by Gasteiger charge is -2.39. The molecule has 21 heavy (non-hydrogen) atoms. The van der Waals surface area contributed by atoms with Gasteiger partial charge in [-0.3, -0.25) is 4.79 Å². The van der Waals surface area contributed by atoms with E-state index in [-0.39, 0.29) is 11.8 Å². The van der Waals surface area contributed by atoms with Gasteiger partial charge >= 0.3 is 0 Å². The molecule has 0 saturated carbocycles. The molecule has 4 heteroatoms. The Bertz CT molecular complexity index is 552. The maximum atomic E-state index is 12.3. The Morgan fingerprint density at radius 2 is 2.24 bits per heavy atom. The molecule has 3 fully saturated rings. The molecule has 3 aliphatic heterocycles. The summed E-state index contributed by atoms with van der Waals surface area (Å²) >= 11 is 0. The molecule has 0 bridgehead atoms. The number of carbonyl (C=O) groups is 1. The minimum Gasteiger partial charge on any atom is -0.332 e. The van der Waals surface area contributed by atoms with E-state index in [1.54, 1.807) is 0 Å². The summed E-state index contributed by atoms with van der Waals surface area (Å²) in [5, 5.41) is 0. The lowest BCUT2D eigenvalue weighted by molar-refractivity contribution is -0.350. The lowest BCUT2D eigenvalue weighted by atomic mass is 9.78. The summed E-state index contributed by atoms with van der Waals surface area (Å²) in [5.41, 5.74) is 1.02. The van der Waals surface area contributed by atoms with Gasteiger partial charge in [-0.1, -0.05) is 18.4 Å². The van der Waals surface area contributed by atoms with Crippen molar-refractivity contribution in [3.8, 4) is 11.8 Å². The molecule has 1 aliphatic carbocycles. The third-order valence-electron chi connectivity index (χ3n) is 5.39. The van der Waals surface area contributed by atoms with E-state index < -0.39 is 6.29 Å². The summed E-state index contributed by atoms with van der Waals surface area (Å²) in [6.45, 7) is 2.76. The summed E-state index contributed by atoms with van der Waals surface area (Å²) in [6.07, 6.45) is 7.91. The van der Waals surface area contributed by atoms with E-state index in [9.17, 15) is 4.79 Å².